The molecule has 0 spiro atoms. The Labute approximate surface area is 195 Å². The van der Waals surface area contributed by atoms with Crippen LogP contribution in [0.5, 0.6) is 0 Å². The normalized spacial score (nSPS) is 14.1. The van der Waals surface area contributed by atoms with Crippen molar-refractivity contribution in [3.63, 3.8) is 0 Å². The lowest BCUT2D eigenvalue weighted by atomic mass is 10.1. The highest BCUT2D eigenvalue weighted by Gasteiger charge is 2.22. The highest BCUT2D eigenvalue weighted by Crippen LogP contribution is 2.30. The van der Waals surface area contributed by atoms with Crippen molar-refractivity contribution in [2.24, 2.45) is 0 Å². The monoisotopic (exact) mass is 465 g/mol. The molecule has 3 heterocycles. The van der Waals surface area contributed by atoms with Gasteiger partial charge in [0.2, 0.25) is 11.8 Å². The number of aryl methyl sites for hydroxylation is 2. The molecule has 0 radical (unpaired) electrons. The summed E-state index contributed by atoms with van der Waals surface area (Å²) < 4.78 is 27.1. The second-order valence-electron chi connectivity index (χ2n) is 7.95. The van der Waals surface area contributed by atoms with Crippen molar-refractivity contribution in [1.29, 1.82) is 0 Å². The molecule has 0 unspecified atom stereocenters. The average Bonchev–Trinajstić information content (AvgIpc) is 3.45. The quantitative estimate of drug-likeness (QED) is 0.379. The van der Waals surface area contributed by atoms with Crippen LogP contribution in [-0.2, 0) is 10.5 Å². The molecule has 33 heavy (non-hydrogen) atoms. The van der Waals surface area contributed by atoms with Crippen LogP contribution in [0.25, 0.3) is 17.1 Å². The Hall–Kier alpha value is -3.17. The SMILES string of the molecule is Cc1ccc(-c2nc(CSc3nnc(N4CCOCC4)n3-c3cccc(F)c3)co2)c(C)c1. The molecule has 5 rings (SSSR count). The van der Waals surface area contributed by atoms with Gasteiger partial charge in [0.1, 0.15) is 12.1 Å². The van der Waals surface area contributed by atoms with E-state index in [-0.39, 0.29) is 5.82 Å². The third kappa shape index (κ3) is 4.65. The van der Waals surface area contributed by atoms with Gasteiger partial charge in [-0.1, -0.05) is 35.5 Å². The molecule has 1 fully saturated rings. The second kappa shape index (κ2) is 9.36. The van der Waals surface area contributed by atoms with Gasteiger partial charge in [-0.2, -0.15) is 0 Å². The van der Waals surface area contributed by atoms with Gasteiger partial charge in [-0.3, -0.25) is 4.57 Å². The van der Waals surface area contributed by atoms with Crippen molar-refractivity contribution in [1.82, 2.24) is 19.7 Å². The minimum Gasteiger partial charge on any atom is -0.444 e. The van der Waals surface area contributed by atoms with Gasteiger partial charge in [-0.05, 0) is 43.7 Å². The van der Waals surface area contributed by atoms with Gasteiger partial charge in [0.15, 0.2) is 5.16 Å². The van der Waals surface area contributed by atoms with Gasteiger partial charge < -0.3 is 14.1 Å². The van der Waals surface area contributed by atoms with Gasteiger partial charge in [0, 0.05) is 24.4 Å². The number of oxazole rings is 1. The summed E-state index contributed by atoms with van der Waals surface area (Å²) in [7, 11) is 0. The molecule has 0 N–H and O–H groups in total. The van der Waals surface area contributed by atoms with Crippen molar-refractivity contribution in [3.8, 4) is 17.1 Å². The number of hydrogen-bond acceptors (Lipinski definition) is 7. The van der Waals surface area contributed by atoms with Crippen molar-refractivity contribution in [2.45, 2.75) is 24.8 Å². The smallest absolute Gasteiger partial charge is 0.232 e. The molecule has 2 aromatic carbocycles. The van der Waals surface area contributed by atoms with Crippen LogP contribution in [-0.4, -0.2) is 46.1 Å². The lowest BCUT2D eigenvalue weighted by Crippen LogP contribution is -2.37. The highest BCUT2D eigenvalue weighted by molar-refractivity contribution is 7.98. The van der Waals surface area contributed by atoms with E-state index in [9.17, 15) is 4.39 Å². The van der Waals surface area contributed by atoms with E-state index in [4.69, 9.17) is 9.15 Å². The van der Waals surface area contributed by atoms with Gasteiger partial charge in [-0.15, -0.1) is 10.2 Å². The zero-order valence-electron chi connectivity index (χ0n) is 18.5. The minimum atomic E-state index is -0.306. The van der Waals surface area contributed by atoms with Gasteiger partial charge in [0.05, 0.1) is 24.6 Å². The van der Waals surface area contributed by atoms with Crippen LogP contribution in [0.3, 0.4) is 0 Å². The number of halogens is 1. The standard InChI is InChI=1S/C24H24FN5O2S/c1-16-6-7-21(17(2)12-16)22-26-19(14-32-22)15-33-24-28-27-23(29-8-10-31-11-9-29)30(24)20-5-3-4-18(25)13-20/h3-7,12-14H,8-11,15H2,1-2H3. The van der Waals surface area contributed by atoms with Crippen LogP contribution in [0.2, 0.25) is 0 Å². The van der Waals surface area contributed by atoms with Crippen LogP contribution in [0.15, 0.2) is 58.3 Å². The van der Waals surface area contributed by atoms with Crippen LogP contribution in [0, 0.1) is 19.7 Å². The van der Waals surface area contributed by atoms with E-state index < -0.39 is 0 Å². The number of morpholine rings is 1. The Balaban J connectivity index is 1.41. The summed E-state index contributed by atoms with van der Waals surface area (Å²) in [5.41, 5.74) is 4.79. The molecule has 0 bridgehead atoms. The minimum absolute atomic E-state index is 0.306. The number of benzene rings is 2. The highest BCUT2D eigenvalue weighted by atomic mass is 32.2. The fraction of sp³-hybridized carbons (Fsp3) is 0.292. The first kappa shape index (κ1) is 21.7. The lowest BCUT2D eigenvalue weighted by Gasteiger charge is -2.27. The van der Waals surface area contributed by atoms with Crippen molar-refractivity contribution in [2.75, 3.05) is 31.2 Å². The molecule has 0 amide bonds. The number of thioether (sulfide) groups is 1. The maximum atomic E-state index is 14.0. The van der Waals surface area contributed by atoms with E-state index in [0.29, 0.717) is 54.7 Å². The number of anilines is 1. The van der Waals surface area contributed by atoms with Gasteiger partial charge in [0.25, 0.3) is 0 Å². The first-order chi connectivity index (χ1) is 16.1. The molecule has 4 aromatic rings. The van der Waals surface area contributed by atoms with Crippen molar-refractivity contribution in [3.05, 3.63) is 71.4 Å². The topological polar surface area (TPSA) is 69.2 Å². The predicted octanol–water partition coefficient (Wildman–Crippen LogP) is 4.81. The fourth-order valence-electron chi connectivity index (χ4n) is 3.85. The van der Waals surface area contributed by atoms with E-state index in [1.54, 1.807) is 12.3 Å². The molecule has 0 aliphatic carbocycles. The van der Waals surface area contributed by atoms with Gasteiger partial charge in [-0.25, -0.2) is 9.37 Å². The summed E-state index contributed by atoms with van der Waals surface area (Å²) >= 11 is 1.49. The molecule has 9 heteroatoms. The number of rotatable bonds is 6. The Morgan fingerprint density at radius 1 is 1.06 bits per heavy atom. The zero-order valence-corrected chi connectivity index (χ0v) is 19.3. The molecule has 0 saturated carbocycles. The molecule has 1 aliphatic rings. The van der Waals surface area contributed by atoms with Crippen molar-refractivity contribution >= 4 is 17.7 Å². The summed E-state index contributed by atoms with van der Waals surface area (Å²) in [5, 5.41) is 9.51. The van der Waals surface area contributed by atoms with E-state index in [0.717, 1.165) is 16.8 Å². The second-order valence-corrected chi connectivity index (χ2v) is 8.89. The Bertz CT molecular complexity index is 1270. The summed E-state index contributed by atoms with van der Waals surface area (Å²) in [5.74, 6) is 1.52. The van der Waals surface area contributed by atoms with Gasteiger partial charge >= 0.3 is 0 Å². The third-order valence-corrected chi connectivity index (χ3v) is 6.45. The molecule has 1 saturated heterocycles. The molecular formula is C24H24FN5O2S. The number of ether oxygens (including phenoxy) is 1. The first-order valence-corrected chi connectivity index (χ1v) is 11.8. The maximum Gasteiger partial charge on any atom is 0.232 e. The van der Waals surface area contributed by atoms with Crippen LogP contribution < -0.4 is 4.90 Å². The number of aromatic nitrogens is 4. The molecule has 1 aliphatic heterocycles. The van der Waals surface area contributed by atoms with E-state index in [2.05, 4.69) is 46.1 Å². The summed E-state index contributed by atoms with van der Waals surface area (Å²) in [6.07, 6.45) is 1.67. The molecule has 0 atom stereocenters. The Kier molecular flexibility index (Phi) is 6.15. The van der Waals surface area contributed by atoms with Crippen molar-refractivity contribution < 1.29 is 13.5 Å². The maximum absolute atomic E-state index is 14.0. The van der Waals surface area contributed by atoms with E-state index >= 15 is 0 Å². The van der Waals surface area contributed by atoms with Crippen LogP contribution in [0.4, 0.5) is 10.3 Å². The largest absolute Gasteiger partial charge is 0.444 e. The summed E-state index contributed by atoms with van der Waals surface area (Å²) in [4.78, 5) is 6.78. The fourth-order valence-corrected chi connectivity index (χ4v) is 4.68. The van der Waals surface area contributed by atoms with E-state index in [1.807, 2.05) is 16.7 Å². The Morgan fingerprint density at radius 3 is 2.70 bits per heavy atom. The first-order valence-electron chi connectivity index (χ1n) is 10.8. The third-order valence-electron chi connectivity index (χ3n) is 5.49. The summed E-state index contributed by atoms with van der Waals surface area (Å²) in [6, 6.07) is 12.7. The van der Waals surface area contributed by atoms with E-state index in [1.165, 1.54) is 29.5 Å². The number of nitrogens with zero attached hydrogens (tertiary/aromatic N) is 5. The zero-order chi connectivity index (χ0) is 22.8. The Morgan fingerprint density at radius 2 is 1.91 bits per heavy atom. The average molecular weight is 466 g/mol. The summed E-state index contributed by atoms with van der Waals surface area (Å²) in [6.45, 7) is 6.78. The molecule has 2 aromatic heterocycles. The molecular weight excluding hydrogens is 441 g/mol. The number of hydrogen-bond donors (Lipinski definition) is 0. The van der Waals surface area contributed by atoms with Crippen LogP contribution in [0.1, 0.15) is 16.8 Å². The molecule has 7 nitrogen and oxygen atoms in total. The predicted molar refractivity (Wildman–Crippen MR) is 125 cm³/mol. The molecule has 170 valence electrons. The lowest BCUT2D eigenvalue weighted by molar-refractivity contribution is 0.122. The van der Waals surface area contributed by atoms with Crippen LogP contribution >= 0.6 is 11.8 Å².